The second kappa shape index (κ2) is 5.81. The van der Waals surface area contributed by atoms with Crippen LogP contribution in [0.4, 0.5) is 0 Å². The predicted octanol–water partition coefficient (Wildman–Crippen LogP) is -0.445. The van der Waals surface area contributed by atoms with E-state index in [2.05, 4.69) is 0 Å². The van der Waals surface area contributed by atoms with Gasteiger partial charge in [-0.3, -0.25) is 0 Å². The molecule has 14 heavy (non-hydrogen) atoms. The molecule has 0 aromatic heterocycles. The summed E-state index contributed by atoms with van der Waals surface area (Å²) in [6.07, 6.45) is 0. The molecule has 0 fully saturated rings. The summed E-state index contributed by atoms with van der Waals surface area (Å²) < 4.78 is 31.7. The molecule has 0 saturated carbocycles. The Morgan fingerprint density at radius 2 is 1.57 bits per heavy atom. The van der Waals surface area contributed by atoms with Crippen molar-refractivity contribution >= 4 is 44.9 Å². The van der Waals surface area contributed by atoms with Crippen LogP contribution in [0.3, 0.4) is 0 Å². The van der Waals surface area contributed by atoms with Gasteiger partial charge in [-0.2, -0.15) is 0 Å². The summed E-state index contributed by atoms with van der Waals surface area (Å²) in [6, 6.07) is 2.21. The number of hydrogen-bond acceptors (Lipinski definition) is 3. The van der Waals surface area contributed by atoms with Gasteiger partial charge in [-0.05, 0) is 12.1 Å². The summed E-state index contributed by atoms with van der Waals surface area (Å²) in [5, 5.41) is -0.386. The van der Waals surface area contributed by atoms with Crippen molar-refractivity contribution in [3.8, 4) is 0 Å². The molecule has 0 heterocycles. The van der Waals surface area contributed by atoms with Gasteiger partial charge in [0.2, 0.25) is 0 Å². The fourth-order valence-corrected chi connectivity index (χ4v) is 2.13. The summed E-state index contributed by atoms with van der Waals surface area (Å²) >= 11 is 16.5. The molecule has 0 aliphatic rings. The molecule has 0 atom stereocenters. The normalized spacial score (nSPS) is 10.9. The van der Waals surface area contributed by atoms with E-state index in [1.165, 1.54) is 6.07 Å². The molecule has 0 saturated heterocycles. The summed E-state index contributed by atoms with van der Waals surface area (Å²) in [5.74, 6) is 0. The SMILES string of the molecule is O=S(=O)([O-])c1ccc(Cl)c(Cl)c1Cl.[K+]. The molecule has 0 unspecified atom stereocenters. The number of benzene rings is 1. The van der Waals surface area contributed by atoms with Crippen LogP contribution in [0, 0.1) is 0 Å². The van der Waals surface area contributed by atoms with E-state index in [0.717, 1.165) is 6.07 Å². The Labute approximate surface area is 139 Å². The predicted molar refractivity (Wildman–Crippen MR) is 49.4 cm³/mol. The molecule has 0 amide bonds. The second-order valence-electron chi connectivity index (χ2n) is 2.13. The molecule has 8 heteroatoms. The average Bonchev–Trinajstić information content (AvgIpc) is 1.98. The molecule has 0 spiro atoms. The van der Waals surface area contributed by atoms with Gasteiger partial charge in [0.05, 0.1) is 20.0 Å². The third-order valence-electron chi connectivity index (χ3n) is 1.27. The van der Waals surface area contributed by atoms with Crippen molar-refractivity contribution in [1.29, 1.82) is 0 Å². The van der Waals surface area contributed by atoms with E-state index in [0.29, 0.717) is 0 Å². The van der Waals surface area contributed by atoms with Crippen LogP contribution in [0.25, 0.3) is 0 Å². The van der Waals surface area contributed by atoms with Crippen molar-refractivity contribution in [2.24, 2.45) is 0 Å². The van der Waals surface area contributed by atoms with Crippen LogP contribution in [0.2, 0.25) is 15.1 Å². The fraction of sp³-hybridized carbons (Fsp3) is 0. The van der Waals surface area contributed by atoms with Crippen LogP contribution in [-0.2, 0) is 10.1 Å². The molecule has 72 valence electrons. The maximum Gasteiger partial charge on any atom is 1.00 e. The minimum absolute atomic E-state index is 0. The first kappa shape index (κ1) is 15.6. The minimum Gasteiger partial charge on any atom is -0.744 e. The van der Waals surface area contributed by atoms with Gasteiger partial charge in [-0.25, -0.2) is 8.42 Å². The Morgan fingerprint density at radius 1 is 1.07 bits per heavy atom. The Kier molecular flexibility index (Phi) is 6.49. The van der Waals surface area contributed by atoms with Crippen LogP contribution < -0.4 is 51.4 Å². The topological polar surface area (TPSA) is 57.2 Å². The summed E-state index contributed by atoms with van der Waals surface area (Å²) in [6.45, 7) is 0. The molecule has 1 rings (SSSR count). The Bertz CT molecular complexity index is 446. The van der Waals surface area contributed by atoms with Gasteiger partial charge >= 0.3 is 51.4 Å². The van der Waals surface area contributed by atoms with Crippen LogP contribution in [0.15, 0.2) is 17.0 Å². The quantitative estimate of drug-likeness (QED) is 0.401. The van der Waals surface area contributed by atoms with Crippen molar-refractivity contribution in [1.82, 2.24) is 0 Å². The molecule has 0 radical (unpaired) electrons. The number of hydrogen-bond donors (Lipinski definition) is 0. The third-order valence-corrected chi connectivity index (χ3v) is 3.55. The molecule has 0 aliphatic carbocycles. The van der Waals surface area contributed by atoms with Gasteiger partial charge < -0.3 is 4.55 Å². The standard InChI is InChI=1S/C6H3Cl3O3S.K/c7-3-1-2-4(13(10,11)12)6(9)5(3)8;/h1-2H,(H,10,11,12);/q;+1/p-1. The van der Waals surface area contributed by atoms with Crippen LogP contribution >= 0.6 is 34.8 Å². The zero-order valence-corrected chi connectivity index (χ0v) is 13.1. The first-order valence-corrected chi connectivity index (χ1v) is 5.47. The van der Waals surface area contributed by atoms with Gasteiger partial charge in [0.15, 0.2) is 0 Å². The Hall–Kier alpha value is 1.64. The zero-order valence-electron chi connectivity index (χ0n) is 6.92. The molecular formula is C6H2Cl3KO3S. The molecule has 0 N–H and O–H groups in total. The van der Waals surface area contributed by atoms with Crippen molar-refractivity contribution in [2.45, 2.75) is 4.90 Å². The first-order chi connectivity index (χ1) is 5.84. The van der Waals surface area contributed by atoms with E-state index < -0.39 is 15.0 Å². The monoisotopic (exact) mass is 298 g/mol. The zero-order chi connectivity index (χ0) is 10.2. The maximum absolute atomic E-state index is 10.6. The van der Waals surface area contributed by atoms with Crippen molar-refractivity contribution in [3.05, 3.63) is 27.2 Å². The molecule has 1 aromatic carbocycles. The molecule has 0 bridgehead atoms. The van der Waals surface area contributed by atoms with E-state index >= 15 is 0 Å². The van der Waals surface area contributed by atoms with E-state index in [9.17, 15) is 13.0 Å². The van der Waals surface area contributed by atoms with Gasteiger partial charge in [-0.15, -0.1) is 0 Å². The third kappa shape index (κ3) is 3.59. The average molecular weight is 300 g/mol. The van der Waals surface area contributed by atoms with E-state index in [1.54, 1.807) is 0 Å². The van der Waals surface area contributed by atoms with E-state index in [-0.39, 0.29) is 66.5 Å². The molecule has 0 aliphatic heterocycles. The molecule has 1 aromatic rings. The fourth-order valence-electron chi connectivity index (χ4n) is 0.701. The largest absolute Gasteiger partial charge is 1.00 e. The number of halogens is 3. The van der Waals surface area contributed by atoms with Crippen LogP contribution in [-0.4, -0.2) is 13.0 Å². The van der Waals surface area contributed by atoms with Gasteiger partial charge in [0.1, 0.15) is 10.1 Å². The Morgan fingerprint density at radius 3 is 2.00 bits per heavy atom. The van der Waals surface area contributed by atoms with Gasteiger partial charge in [0.25, 0.3) is 0 Å². The Balaban J connectivity index is 0.00000169. The number of rotatable bonds is 1. The molecule has 3 nitrogen and oxygen atoms in total. The van der Waals surface area contributed by atoms with E-state index in [1.807, 2.05) is 0 Å². The maximum atomic E-state index is 10.6. The van der Waals surface area contributed by atoms with Crippen molar-refractivity contribution < 1.29 is 64.4 Å². The van der Waals surface area contributed by atoms with Crippen LogP contribution in [0.1, 0.15) is 0 Å². The van der Waals surface area contributed by atoms with E-state index in [4.69, 9.17) is 34.8 Å². The summed E-state index contributed by atoms with van der Waals surface area (Å²) in [4.78, 5) is -0.566. The second-order valence-corrected chi connectivity index (χ2v) is 4.64. The van der Waals surface area contributed by atoms with Gasteiger partial charge in [0, 0.05) is 0 Å². The van der Waals surface area contributed by atoms with Crippen molar-refractivity contribution in [2.75, 3.05) is 0 Å². The summed E-state index contributed by atoms with van der Waals surface area (Å²) in [7, 11) is -4.60. The summed E-state index contributed by atoms with van der Waals surface area (Å²) in [5.41, 5.74) is 0. The first-order valence-electron chi connectivity index (χ1n) is 2.93. The van der Waals surface area contributed by atoms with Crippen LogP contribution in [0.5, 0.6) is 0 Å². The van der Waals surface area contributed by atoms with Gasteiger partial charge in [-0.1, -0.05) is 34.8 Å². The minimum atomic E-state index is -4.60. The molecular weight excluding hydrogens is 298 g/mol. The van der Waals surface area contributed by atoms with Crippen molar-refractivity contribution in [3.63, 3.8) is 0 Å². The smallest absolute Gasteiger partial charge is 0.744 e.